The zero-order chi connectivity index (χ0) is 13.2. The van der Waals surface area contributed by atoms with Gasteiger partial charge in [0.2, 0.25) is 5.91 Å². The predicted molar refractivity (Wildman–Crippen MR) is 65.5 cm³/mol. The van der Waals surface area contributed by atoms with Crippen molar-refractivity contribution < 1.29 is 14.7 Å². The largest absolute Gasteiger partial charge is 0.480 e. The Morgan fingerprint density at radius 3 is 1.94 bits per heavy atom. The fourth-order valence-corrected chi connectivity index (χ4v) is 2.28. The van der Waals surface area contributed by atoms with Gasteiger partial charge in [-0.25, -0.2) is 0 Å². The Bertz CT molecular complexity index is 298. The zero-order valence-electron chi connectivity index (χ0n) is 11.1. The van der Waals surface area contributed by atoms with Crippen molar-refractivity contribution in [3.8, 4) is 0 Å². The van der Waals surface area contributed by atoms with E-state index in [0.29, 0.717) is 37.1 Å². The first-order chi connectivity index (χ1) is 7.81. The summed E-state index contributed by atoms with van der Waals surface area (Å²) in [5.41, 5.74) is -1.11. The van der Waals surface area contributed by atoms with Crippen LogP contribution in [-0.2, 0) is 9.59 Å². The second-order valence-corrected chi connectivity index (χ2v) is 5.75. The highest BCUT2D eigenvalue weighted by Gasteiger charge is 2.57. The summed E-state index contributed by atoms with van der Waals surface area (Å²) in [7, 11) is 0. The molecule has 4 nitrogen and oxygen atoms in total. The minimum Gasteiger partial charge on any atom is -0.480 e. The monoisotopic (exact) mass is 241 g/mol. The number of carboxylic acid groups (broad SMARTS) is 1. The topological polar surface area (TPSA) is 66.4 Å². The highest BCUT2D eigenvalue weighted by molar-refractivity contribution is 6.04. The van der Waals surface area contributed by atoms with E-state index >= 15 is 0 Å². The molecular formula is C13H23NO3. The molecule has 0 aliphatic heterocycles. The van der Waals surface area contributed by atoms with E-state index in [-0.39, 0.29) is 5.91 Å². The molecule has 98 valence electrons. The van der Waals surface area contributed by atoms with E-state index in [4.69, 9.17) is 5.11 Å². The lowest BCUT2D eigenvalue weighted by molar-refractivity contribution is -0.149. The number of hydrogen-bond donors (Lipinski definition) is 2. The van der Waals surface area contributed by atoms with Gasteiger partial charge < -0.3 is 10.4 Å². The first-order valence-corrected chi connectivity index (χ1v) is 6.33. The van der Waals surface area contributed by atoms with Crippen molar-refractivity contribution in [2.75, 3.05) is 6.54 Å². The summed E-state index contributed by atoms with van der Waals surface area (Å²) in [6.45, 7) is 9.08. The van der Waals surface area contributed by atoms with Crippen molar-refractivity contribution in [3.63, 3.8) is 0 Å². The molecule has 1 aliphatic rings. The van der Waals surface area contributed by atoms with Crippen LogP contribution < -0.4 is 5.32 Å². The SMILES string of the molecule is CC(C)C(CNC(=O)C1(C(=O)O)CC1)C(C)C. The van der Waals surface area contributed by atoms with Crippen LogP contribution in [-0.4, -0.2) is 23.5 Å². The Morgan fingerprint density at radius 2 is 1.65 bits per heavy atom. The molecule has 1 amide bonds. The van der Waals surface area contributed by atoms with Gasteiger partial charge in [-0.05, 0) is 30.6 Å². The molecule has 1 rings (SSSR count). The van der Waals surface area contributed by atoms with Crippen LogP contribution in [0, 0.1) is 23.2 Å². The number of nitrogens with one attached hydrogen (secondary N) is 1. The third-order valence-electron chi connectivity index (χ3n) is 3.80. The second kappa shape index (κ2) is 5.07. The van der Waals surface area contributed by atoms with Gasteiger partial charge in [0.05, 0.1) is 0 Å². The number of carboxylic acids is 1. The number of hydrogen-bond acceptors (Lipinski definition) is 2. The van der Waals surface area contributed by atoms with Crippen LogP contribution in [0.4, 0.5) is 0 Å². The van der Waals surface area contributed by atoms with E-state index in [1.807, 2.05) is 0 Å². The van der Waals surface area contributed by atoms with Gasteiger partial charge in [0.1, 0.15) is 5.41 Å². The minimum absolute atomic E-state index is 0.309. The third kappa shape index (κ3) is 2.99. The average molecular weight is 241 g/mol. The van der Waals surface area contributed by atoms with Gasteiger partial charge in [-0.2, -0.15) is 0 Å². The molecule has 0 radical (unpaired) electrons. The first-order valence-electron chi connectivity index (χ1n) is 6.33. The van der Waals surface area contributed by atoms with Crippen molar-refractivity contribution in [1.82, 2.24) is 5.32 Å². The third-order valence-corrected chi connectivity index (χ3v) is 3.80. The standard InChI is InChI=1S/C13H23NO3/c1-8(2)10(9(3)4)7-14-11(15)13(5-6-13)12(16)17/h8-10H,5-7H2,1-4H3,(H,14,15)(H,16,17). The summed E-state index contributed by atoms with van der Waals surface area (Å²) in [5, 5.41) is 11.8. The van der Waals surface area contributed by atoms with Crippen LogP contribution in [0.5, 0.6) is 0 Å². The van der Waals surface area contributed by atoms with E-state index in [1.165, 1.54) is 0 Å². The van der Waals surface area contributed by atoms with E-state index in [1.54, 1.807) is 0 Å². The summed E-state index contributed by atoms with van der Waals surface area (Å²) in [6.07, 6.45) is 0.949. The molecule has 17 heavy (non-hydrogen) atoms. The van der Waals surface area contributed by atoms with E-state index in [9.17, 15) is 9.59 Å². The van der Waals surface area contributed by atoms with Crippen molar-refractivity contribution in [3.05, 3.63) is 0 Å². The number of rotatable bonds is 6. The molecule has 4 heteroatoms. The molecule has 0 bridgehead atoms. The highest BCUT2D eigenvalue weighted by Crippen LogP contribution is 2.46. The highest BCUT2D eigenvalue weighted by atomic mass is 16.4. The molecule has 0 aromatic carbocycles. The molecule has 0 atom stereocenters. The molecule has 0 heterocycles. The minimum atomic E-state index is -1.11. The molecule has 0 saturated heterocycles. The van der Waals surface area contributed by atoms with Crippen LogP contribution in [0.15, 0.2) is 0 Å². The predicted octanol–water partition coefficient (Wildman–Crippen LogP) is 1.90. The molecule has 0 aromatic heterocycles. The molecule has 2 N–H and O–H groups in total. The van der Waals surface area contributed by atoms with Gasteiger partial charge in [-0.1, -0.05) is 27.7 Å². The molecule has 1 fully saturated rings. The maximum absolute atomic E-state index is 11.8. The quantitative estimate of drug-likeness (QED) is 0.698. The summed E-state index contributed by atoms with van der Waals surface area (Å²) in [4.78, 5) is 22.8. The van der Waals surface area contributed by atoms with Gasteiger partial charge in [0, 0.05) is 6.54 Å². The summed E-state index contributed by atoms with van der Waals surface area (Å²) in [6, 6.07) is 0. The number of carbonyl (C=O) groups excluding carboxylic acids is 1. The fourth-order valence-electron chi connectivity index (χ4n) is 2.28. The Labute approximate surface area is 103 Å². The Kier molecular flexibility index (Phi) is 4.17. The van der Waals surface area contributed by atoms with E-state index < -0.39 is 11.4 Å². The normalized spacial score (nSPS) is 17.6. The number of amides is 1. The fraction of sp³-hybridized carbons (Fsp3) is 0.846. The molecular weight excluding hydrogens is 218 g/mol. The maximum atomic E-state index is 11.8. The smallest absolute Gasteiger partial charge is 0.319 e. The summed E-state index contributed by atoms with van der Waals surface area (Å²) < 4.78 is 0. The molecule has 0 unspecified atom stereocenters. The van der Waals surface area contributed by atoms with Gasteiger partial charge in [0.15, 0.2) is 0 Å². The van der Waals surface area contributed by atoms with Gasteiger partial charge in [-0.3, -0.25) is 9.59 Å². The van der Waals surface area contributed by atoms with Crippen LogP contribution in [0.25, 0.3) is 0 Å². The molecule has 1 aliphatic carbocycles. The second-order valence-electron chi connectivity index (χ2n) is 5.75. The molecule has 0 aromatic rings. The van der Waals surface area contributed by atoms with E-state index in [2.05, 4.69) is 33.0 Å². The Hall–Kier alpha value is -1.06. The van der Waals surface area contributed by atoms with Gasteiger partial charge in [0.25, 0.3) is 0 Å². The maximum Gasteiger partial charge on any atom is 0.319 e. The van der Waals surface area contributed by atoms with Crippen molar-refractivity contribution in [2.45, 2.75) is 40.5 Å². The number of aliphatic carboxylic acids is 1. The lowest BCUT2D eigenvalue weighted by Gasteiger charge is -2.25. The van der Waals surface area contributed by atoms with Crippen molar-refractivity contribution in [1.29, 1.82) is 0 Å². The van der Waals surface area contributed by atoms with Crippen molar-refractivity contribution in [2.24, 2.45) is 23.2 Å². The van der Waals surface area contributed by atoms with Gasteiger partial charge in [-0.15, -0.1) is 0 Å². The lowest BCUT2D eigenvalue weighted by atomic mass is 9.85. The number of carbonyl (C=O) groups is 2. The van der Waals surface area contributed by atoms with Crippen LogP contribution in [0.1, 0.15) is 40.5 Å². The summed E-state index contributed by atoms with van der Waals surface area (Å²) in [5.74, 6) is 0.0612. The average Bonchev–Trinajstić information content (AvgIpc) is 2.96. The Morgan fingerprint density at radius 1 is 1.18 bits per heavy atom. The first kappa shape index (κ1) is 14.0. The van der Waals surface area contributed by atoms with Crippen LogP contribution in [0.3, 0.4) is 0 Å². The lowest BCUT2D eigenvalue weighted by Crippen LogP contribution is -2.41. The van der Waals surface area contributed by atoms with Gasteiger partial charge >= 0.3 is 5.97 Å². The van der Waals surface area contributed by atoms with E-state index in [0.717, 1.165) is 0 Å². The Balaban J connectivity index is 2.50. The van der Waals surface area contributed by atoms with Crippen LogP contribution in [0.2, 0.25) is 0 Å². The van der Waals surface area contributed by atoms with Crippen molar-refractivity contribution >= 4 is 11.9 Å². The molecule has 0 spiro atoms. The summed E-state index contributed by atoms with van der Waals surface area (Å²) >= 11 is 0. The molecule has 1 saturated carbocycles. The zero-order valence-corrected chi connectivity index (χ0v) is 11.1. The van der Waals surface area contributed by atoms with Crippen LogP contribution >= 0.6 is 0 Å².